The van der Waals surface area contributed by atoms with Crippen LogP contribution in [0.5, 0.6) is 0 Å². The topological polar surface area (TPSA) is 37.3 Å². The Morgan fingerprint density at radius 3 is 2.60 bits per heavy atom. The zero-order chi connectivity index (χ0) is 7.98. The quantitative estimate of drug-likeness (QED) is 0.597. The Kier molecular flexibility index (Phi) is 7.04. The van der Waals surface area contributed by atoms with Gasteiger partial charge in [0.15, 0.2) is 0 Å². The summed E-state index contributed by atoms with van der Waals surface area (Å²) >= 11 is 3.42. The number of rotatable bonds is 5. The third-order valence-corrected chi connectivity index (χ3v) is 3.59. The lowest BCUT2D eigenvalue weighted by Gasteiger charge is -1.99. The molecule has 0 bridgehead atoms. The molecule has 0 spiro atoms. The molecule has 0 aromatic rings. The Bertz CT molecular complexity index is 108. The Labute approximate surface area is 72.4 Å². The van der Waals surface area contributed by atoms with Crippen LogP contribution in [0.2, 0.25) is 0 Å². The molecule has 5 heteroatoms. The highest BCUT2D eigenvalue weighted by Crippen LogP contribution is 2.52. The summed E-state index contributed by atoms with van der Waals surface area (Å²) in [5, 5.41) is 8.27. The number of aliphatic carboxylic acids is 1. The Balaban J connectivity index is 2.98. The van der Waals surface area contributed by atoms with E-state index in [2.05, 4.69) is 24.4 Å². The summed E-state index contributed by atoms with van der Waals surface area (Å²) in [6, 6.07) is 0. The van der Waals surface area contributed by atoms with E-state index in [1.54, 1.807) is 0 Å². The summed E-state index contributed by atoms with van der Waals surface area (Å²) < 4.78 is 0. The first kappa shape index (κ1) is 10.8. The molecule has 60 valence electrons. The van der Waals surface area contributed by atoms with Crippen molar-refractivity contribution in [2.24, 2.45) is 0 Å². The van der Waals surface area contributed by atoms with E-state index in [0.717, 1.165) is 19.0 Å². The highest BCUT2D eigenvalue weighted by atomic mass is 79.9. The van der Waals surface area contributed by atoms with Gasteiger partial charge in [0.1, 0.15) is 0 Å². The molecule has 0 saturated carbocycles. The standard InChI is InChI=1S/C5H11BrO2P2/c6-10(9)4-2-1-3-5(7)8/h1-4,9H2,(H,7,8). The maximum Gasteiger partial charge on any atom is 0.303 e. The van der Waals surface area contributed by atoms with Crippen molar-refractivity contribution in [3.05, 3.63) is 0 Å². The minimum Gasteiger partial charge on any atom is -0.481 e. The average Bonchev–Trinajstić information content (AvgIpc) is 1.79. The first-order valence-electron chi connectivity index (χ1n) is 3.02. The summed E-state index contributed by atoms with van der Waals surface area (Å²) in [6.45, 7) is 0. The number of carbonyl (C=O) groups is 1. The number of carboxylic acid groups (broad SMARTS) is 1. The first-order chi connectivity index (χ1) is 4.63. The van der Waals surface area contributed by atoms with Crippen molar-refractivity contribution in [1.29, 1.82) is 0 Å². The fourth-order valence-corrected chi connectivity index (χ4v) is 2.36. The van der Waals surface area contributed by atoms with Crippen LogP contribution >= 0.6 is 30.7 Å². The maximum absolute atomic E-state index is 10.0. The molecule has 2 atom stereocenters. The molecule has 0 aromatic carbocycles. The highest BCUT2D eigenvalue weighted by molar-refractivity contribution is 9.44. The van der Waals surface area contributed by atoms with E-state index in [1.165, 1.54) is 0 Å². The van der Waals surface area contributed by atoms with Gasteiger partial charge >= 0.3 is 5.97 Å². The van der Waals surface area contributed by atoms with Gasteiger partial charge in [0, 0.05) is 6.42 Å². The molecule has 0 heterocycles. The lowest BCUT2D eigenvalue weighted by atomic mass is 10.3. The van der Waals surface area contributed by atoms with Gasteiger partial charge in [0.25, 0.3) is 0 Å². The largest absolute Gasteiger partial charge is 0.481 e. The molecule has 0 fully saturated rings. The van der Waals surface area contributed by atoms with Crippen LogP contribution in [0.1, 0.15) is 19.3 Å². The maximum atomic E-state index is 10.0. The number of unbranched alkanes of at least 4 members (excludes halogenated alkanes) is 1. The second kappa shape index (κ2) is 6.52. The fourth-order valence-electron chi connectivity index (χ4n) is 0.539. The monoisotopic (exact) mass is 244 g/mol. The van der Waals surface area contributed by atoms with E-state index in [-0.39, 0.29) is 6.31 Å². The van der Waals surface area contributed by atoms with Crippen molar-refractivity contribution in [3.8, 4) is 0 Å². The highest BCUT2D eigenvalue weighted by Gasteiger charge is 1.98. The smallest absolute Gasteiger partial charge is 0.303 e. The number of carboxylic acids is 1. The lowest BCUT2D eigenvalue weighted by Crippen LogP contribution is -1.93. The SMILES string of the molecule is O=C(O)CCCCP(P)Br. The van der Waals surface area contributed by atoms with Crippen molar-refractivity contribution in [2.45, 2.75) is 19.3 Å². The van der Waals surface area contributed by atoms with Gasteiger partial charge < -0.3 is 5.11 Å². The van der Waals surface area contributed by atoms with Gasteiger partial charge in [-0.25, -0.2) is 0 Å². The molecule has 10 heavy (non-hydrogen) atoms. The van der Waals surface area contributed by atoms with Gasteiger partial charge in [-0.2, -0.15) is 0 Å². The van der Waals surface area contributed by atoms with Gasteiger partial charge in [0.05, 0.1) is 0 Å². The normalized spacial score (nSPS) is 13.0. The van der Waals surface area contributed by atoms with Crippen LogP contribution in [-0.2, 0) is 4.79 Å². The zero-order valence-electron chi connectivity index (χ0n) is 5.59. The molecule has 0 aliphatic rings. The van der Waals surface area contributed by atoms with Crippen molar-refractivity contribution in [2.75, 3.05) is 6.16 Å². The van der Waals surface area contributed by atoms with E-state index < -0.39 is 5.97 Å². The average molecular weight is 245 g/mol. The van der Waals surface area contributed by atoms with Crippen LogP contribution < -0.4 is 0 Å². The molecule has 0 aliphatic carbocycles. The van der Waals surface area contributed by atoms with E-state index in [0.29, 0.717) is 6.42 Å². The van der Waals surface area contributed by atoms with Crippen molar-refractivity contribution < 1.29 is 9.90 Å². The Morgan fingerprint density at radius 1 is 1.60 bits per heavy atom. The molecule has 2 nitrogen and oxygen atoms in total. The Hall–Kier alpha value is 0.810. The van der Waals surface area contributed by atoms with Crippen molar-refractivity contribution >= 4 is 36.7 Å². The molecule has 0 rings (SSSR count). The summed E-state index contributed by atoms with van der Waals surface area (Å²) in [7, 11) is 2.69. The van der Waals surface area contributed by atoms with Crippen LogP contribution in [0.15, 0.2) is 0 Å². The van der Waals surface area contributed by atoms with Crippen LogP contribution in [0.3, 0.4) is 0 Å². The van der Waals surface area contributed by atoms with E-state index in [4.69, 9.17) is 5.11 Å². The molecule has 0 radical (unpaired) electrons. The minimum absolute atomic E-state index is 0.0951. The summed E-state index contributed by atoms with van der Waals surface area (Å²) in [5.74, 6) is -0.692. The zero-order valence-corrected chi connectivity index (χ0v) is 9.22. The third-order valence-electron chi connectivity index (χ3n) is 1.01. The summed E-state index contributed by atoms with van der Waals surface area (Å²) in [4.78, 5) is 10.0. The van der Waals surface area contributed by atoms with Crippen molar-refractivity contribution in [3.63, 3.8) is 0 Å². The van der Waals surface area contributed by atoms with Gasteiger partial charge in [-0.15, -0.1) is 0 Å². The molecular weight excluding hydrogens is 234 g/mol. The summed E-state index contributed by atoms with van der Waals surface area (Å²) in [6.07, 6.45) is 3.11. The molecule has 2 unspecified atom stereocenters. The second-order valence-corrected chi connectivity index (χ2v) is 10.1. The minimum atomic E-state index is -0.692. The molecular formula is C5H11BrO2P2. The van der Waals surface area contributed by atoms with Crippen molar-refractivity contribution in [1.82, 2.24) is 0 Å². The van der Waals surface area contributed by atoms with Crippen LogP contribution in [0.25, 0.3) is 0 Å². The van der Waals surface area contributed by atoms with E-state index >= 15 is 0 Å². The van der Waals surface area contributed by atoms with Gasteiger partial charge in [-0.05, 0) is 25.3 Å². The predicted octanol–water partition coefficient (Wildman–Crippen LogP) is 2.82. The van der Waals surface area contributed by atoms with E-state index in [1.807, 2.05) is 0 Å². The van der Waals surface area contributed by atoms with Crippen LogP contribution in [0.4, 0.5) is 0 Å². The molecule has 0 aliphatic heterocycles. The Morgan fingerprint density at radius 2 is 2.20 bits per heavy atom. The van der Waals surface area contributed by atoms with Gasteiger partial charge in [-0.3, -0.25) is 4.79 Å². The van der Waals surface area contributed by atoms with Crippen LogP contribution in [-0.4, -0.2) is 17.2 Å². The third kappa shape index (κ3) is 8.81. The molecule has 0 saturated heterocycles. The molecule has 1 N–H and O–H groups in total. The first-order valence-corrected chi connectivity index (χ1v) is 8.19. The number of hydrogen-bond acceptors (Lipinski definition) is 1. The molecule has 0 amide bonds. The lowest BCUT2D eigenvalue weighted by molar-refractivity contribution is -0.137. The van der Waals surface area contributed by atoms with Crippen LogP contribution in [0, 0.1) is 0 Å². The predicted molar refractivity (Wildman–Crippen MR) is 51.9 cm³/mol. The molecule has 0 aromatic heterocycles. The van der Waals surface area contributed by atoms with Gasteiger partial charge in [0.2, 0.25) is 0 Å². The number of halogens is 1. The van der Waals surface area contributed by atoms with E-state index in [9.17, 15) is 4.79 Å². The number of hydrogen-bond donors (Lipinski definition) is 1. The second-order valence-electron chi connectivity index (χ2n) is 1.97. The summed E-state index contributed by atoms with van der Waals surface area (Å²) in [5.41, 5.74) is 0. The van der Waals surface area contributed by atoms with Gasteiger partial charge in [-0.1, -0.05) is 24.4 Å². The fraction of sp³-hybridized carbons (Fsp3) is 0.800.